The van der Waals surface area contributed by atoms with Gasteiger partial charge in [-0.15, -0.1) is 5.10 Å². The molecule has 21 heavy (non-hydrogen) atoms. The number of benzene rings is 1. The van der Waals surface area contributed by atoms with Gasteiger partial charge in [-0.1, -0.05) is 23.4 Å². The lowest BCUT2D eigenvalue weighted by molar-refractivity contribution is 0.205. The average molecular weight is 282 g/mol. The van der Waals surface area contributed by atoms with E-state index in [-0.39, 0.29) is 0 Å². The fourth-order valence-electron chi connectivity index (χ4n) is 2.14. The SMILES string of the molecule is COc1ncccc1C(O)c1cnnn1-c1ccccc1. The van der Waals surface area contributed by atoms with E-state index in [1.165, 1.54) is 13.3 Å². The number of aliphatic hydroxyl groups excluding tert-OH is 1. The third-order valence-electron chi connectivity index (χ3n) is 3.15. The number of para-hydroxylation sites is 1. The van der Waals surface area contributed by atoms with E-state index < -0.39 is 6.10 Å². The van der Waals surface area contributed by atoms with E-state index >= 15 is 0 Å². The quantitative estimate of drug-likeness (QED) is 0.789. The van der Waals surface area contributed by atoms with Crippen molar-refractivity contribution in [2.45, 2.75) is 6.10 Å². The minimum absolute atomic E-state index is 0.380. The van der Waals surface area contributed by atoms with Crippen molar-refractivity contribution in [3.05, 3.63) is 66.1 Å². The van der Waals surface area contributed by atoms with E-state index in [2.05, 4.69) is 15.3 Å². The third-order valence-corrected chi connectivity index (χ3v) is 3.15. The van der Waals surface area contributed by atoms with Crippen LogP contribution in [0.3, 0.4) is 0 Å². The van der Waals surface area contributed by atoms with Gasteiger partial charge in [-0.2, -0.15) is 0 Å². The maximum Gasteiger partial charge on any atom is 0.219 e. The van der Waals surface area contributed by atoms with Crippen molar-refractivity contribution >= 4 is 0 Å². The fraction of sp³-hybridized carbons (Fsp3) is 0.133. The van der Waals surface area contributed by atoms with Gasteiger partial charge < -0.3 is 9.84 Å². The number of rotatable bonds is 4. The predicted octanol–water partition coefficient (Wildman–Crippen LogP) is 1.75. The average Bonchev–Trinajstić information content (AvgIpc) is 3.04. The lowest BCUT2D eigenvalue weighted by Crippen LogP contribution is -2.10. The topological polar surface area (TPSA) is 73.1 Å². The van der Waals surface area contributed by atoms with Gasteiger partial charge in [0.1, 0.15) is 6.10 Å². The summed E-state index contributed by atoms with van der Waals surface area (Å²) in [4.78, 5) is 4.10. The zero-order valence-electron chi connectivity index (χ0n) is 11.4. The summed E-state index contributed by atoms with van der Waals surface area (Å²) in [5.74, 6) is 0.380. The lowest BCUT2D eigenvalue weighted by Gasteiger charge is -2.14. The van der Waals surface area contributed by atoms with Crippen LogP contribution in [0.5, 0.6) is 5.88 Å². The lowest BCUT2D eigenvalue weighted by atomic mass is 10.1. The smallest absolute Gasteiger partial charge is 0.219 e. The molecule has 3 rings (SSSR count). The third kappa shape index (κ3) is 2.48. The Hall–Kier alpha value is -2.73. The number of aliphatic hydroxyl groups is 1. The fourth-order valence-corrected chi connectivity index (χ4v) is 2.14. The van der Waals surface area contributed by atoms with E-state index in [1.54, 1.807) is 23.0 Å². The Bertz CT molecular complexity index is 727. The van der Waals surface area contributed by atoms with Crippen LogP contribution in [-0.4, -0.2) is 32.2 Å². The van der Waals surface area contributed by atoms with Crippen LogP contribution in [0.2, 0.25) is 0 Å². The van der Waals surface area contributed by atoms with Crippen molar-refractivity contribution < 1.29 is 9.84 Å². The highest BCUT2D eigenvalue weighted by atomic mass is 16.5. The minimum atomic E-state index is -0.927. The van der Waals surface area contributed by atoms with E-state index in [1.807, 2.05) is 30.3 Å². The molecule has 0 amide bonds. The highest BCUT2D eigenvalue weighted by Gasteiger charge is 2.21. The van der Waals surface area contributed by atoms with Gasteiger partial charge in [0.05, 0.1) is 24.7 Å². The van der Waals surface area contributed by atoms with Crippen LogP contribution in [0.25, 0.3) is 5.69 Å². The van der Waals surface area contributed by atoms with Crippen molar-refractivity contribution in [2.24, 2.45) is 0 Å². The van der Waals surface area contributed by atoms with Gasteiger partial charge in [-0.05, 0) is 24.3 Å². The molecule has 6 nitrogen and oxygen atoms in total. The first kappa shape index (κ1) is 13.3. The van der Waals surface area contributed by atoms with Crippen molar-refractivity contribution in [3.8, 4) is 11.6 Å². The highest BCUT2D eigenvalue weighted by Crippen LogP contribution is 2.28. The predicted molar refractivity (Wildman–Crippen MR) is 76.2 cm³/mol. The minimum Gasteiger partial charge on any atom is -0.481 e. The molecule has 3 aromatic rings. The molecule has 0 aliphatic rings. The number of aromatic nitrogens is 4. The van der Waals surface area contributed by atoms with Crippen LogP contribution in [0.4, 0.5) is 0 Å². The molecule has 0 radical (unpaired) electrons. The first-order chi connectivity index (χ1) is 10.3. The molecule has 1 unspecified atom stereocenters. The number of ether oxygens (including phenoxy) is 1. The van der Waals surface area contributed by atoms with Crippen LogP contribution >= 0.6 is 0 Å². The molecule has 0 bridgehead atoms. The van der Waals surface area contributed by atoms with Crippen LogP contribution < -0.4 is 4.74 Å². The molecule has 0 spiro atoms. The summed E-state index contributed by atoms with van der Waals surface area (Å²) < 4.78 is 6.78. The van der Waals surface area contributed by atoms with Gasteiger partial charge in [0.15, 0.2) is 0 Å². The summed E-state index contributed by atoms with van der Waals surface area (Å²) >= 11 is 0. The molecule has 1 N–H and O–H groups in total. The van der Waals surface area contributed by atoms with Crippen molar-refractivity contribution in [2.75, 3.05) is 7.11 Å². The summed E-state index contributed by atoms with van der Waals surface area (Å²) in [5, 5.41) is 18.5. The van der Waals surface area contributed by atoms with Gasteiger partial charge in [0.2, 0.25) is 5.88 Å². The molecular formula is C15H14N4O2. The Kier molecular flexibility index (Phi) is 3.61. The molecule has 0 saturated carbocycles. The largest absolute Gasteiger partial charge is 0.481 e. The molecule has 2 heterocycles. The highest BCUT2D eigenvalue weighted by molar-refractivity contribution is 5.37. The number of nitrogens with zero attached hydrogens (tertiary/aromatic N) is 4. The Balaban J connectivity index is 2.04. The maximum absolute atomic E-state index is 10.6. The maximum atomic E-state index is 10.6. The molecule has 0 saturated heterocycles. The normalized spacial score (nSPS) is 12.1. The molecule has 1 atom stereocenters. The standard InChI is InChI=1S/C15H14N4O2/c1-21-15-12(8-5-9-16-15)14(20)13-10-17-18-19(13)11-6-3-2-4-7-11/h2-10,14,20H,1H3. The Morgan fingerprint density at radius 3 is 2.71 bits per heavy atom. The molecule has 1 aromatic carbocycles. The monoisotopic (exact) mass is 282 g/mol. The number of hydrogen-bond donors (Lipinski definition) is 1. The second kappa shape index (κ2) is 5.72. The van der Waals surface area contributed by atoms with E-state index in [0.29, 0.717) is 17.1 Å². The second-order valence-electron chi connectivity index (χ2n) is 4.41. The van der Waals surface area contributed by atoms with Gasteiger partial charge in [0.25, 0.3) is 0 Å². The van der Waals surface area contributed by atoms with Gasteiger partial charge in [-0.25, -0.2) is 9.67 Å². The van der Waals surface area contributed by atoms with E-state index in [9.17, 15) is 5.11 Å². The van der Waals surface area contributed by atoms with Gasteiger partial charge in [-0.3, -0.25) is 0 Å². The summed E-state index contributed by atoms with van der Waals surface area (Å²) in [5.41, 5.74) is 1.94. The van der Waals surface area contributed by atoms with Crippen LogP contribution in [-0.2, 0) is 0 Å². The van der Waals surface area contributed by atoms with Crippen molar-refractivity contribution in [3.63, 3.8) is 0 Å². The number of methoxy groups -OCH3 is 1. The van der Waals surface area contributed by atoms with Crippen LogP contribution in [0, 0.1) is 0 Å². The molecule has 6 heteroatoms. The van der Waals surface area contributed by atoms with Crippen LogP contribution in [0.1, 0.15) is 17.4 Å². The van der Waals surface area contributed by atoms with Crippen molar-refractivity contribution in [1.29, 1.82) is 0 Å². The molecule has 0 aliphatic heterocycles. The molecule has 0 fully saturated rings. The summed E-state index contributed by atoms with van der Waals surface area (Å²) in [7, 11) is 1.52. The molecule has 106 valence electrons. The Morgan fingerprint density at radius 1 is 1.14 bits per heavy atom. The zero-order chi connectivity index (χ0) is 14.7. The van der Waals surface area contributed by atoms with E-state index in [4.69, 9.17) is 4.74 Å². The molecular weight excluding hydrogens is 268 g/mol. The Morgan fingerprint density at radius 2 is 1.95 bits per heavy atom. The summed E-state index contributed by atoms with van der Waals surface area (Å²) in [6.45, 7) is 0. The van der Waals surface area contributed by atoms with Gasteiger partial charge >= 0.3 is 0 Å². The second-order valence-corrected chi connectivity index (χ2v) is 4.41. The number of pyridine rings is 1. The number of hydrogen-bond acceptors (Lipinski definition) is 5. The van der Waals surface area contributed by atoms with Crippen LogP contribution in [0.15, 0.2) is 54.9 Å². The first-order valence-corrected chi connectivity index (χ1v) is 6.44. The van der Waals surface area contributed by atoms with Crippen molar-refractivity contribution in [1.82, 2.24) is 20.0 Å². The molecule has 2 aromatic heterocycles. The van der Waals surface area contributed by atoms with Gasteiger partial charge in [0, 0.05) is 11.8 Å². The first-order valence-electron chi connectivity index (χ1n) is 6.44. The van der Waals surface area contributed by atoms with E-state index in [0.717, 1.165) is 5.69 Å². The summed E-state index contributed by atoms with van der Waals surface area (Å²) in [6, 6.07) is 13.0. The zero-order valence-corrected chi connectivity index (χ0v) is 11.4. The molecule has 0 aliphatic carbocycles. The summed E-state index contributed by atoms with van der Waals surface area (Å²) in [6.07, 6.45) is 2.22. The Labute approximate surface area is 121 Å².